The minimum Gasteiger partial charge on any atom is -0.143 e. The molecule has 0 aliphatic carbocycles. The summed E-state index contributed by atoms with van der Waals surface area (Å²) in [5, 5.41) is 2.23. The van der Waals surface area contributed by atoms with E-state index in [0.29, 0.717) is 0 Å². The van der Waals surface area contributed by atoms with Crippen LogP contribution in [0.3, 0.4) is 0 Å². The van der Waals surface area contributed by atoms with Crippen LogP contribution in [0.25, 0.3) is 10.4 Å². The zero-order valence-corrected chi connectivity index (χ0v) is 9.61. The molecule has 0 N–H and O–H groups in total. The van der Waals surface area contributed by atoms with E-state index in [1.807, 2.05) is 11.3 Å². The highest BCUT2D eigenvalue weighted by atomic mass is 32.1. The maximum absolute atomic E-state index is 2.23. The van der Waals surface area contributed by atoms with Crippen LogP contribution in [0.2, 0.25) is 0 Å². The van der Waals surface area contributed by atoms with E-state index in [0.717, 1.165) is 0 Å². The van der Waals surface area contributed by atoms with Crippen molar-refractivity contribution >= 4 is 11.3 Å². The van der Waals surface area contributed by atoms with Crippen LogP contribution in [0.15, 0.2) is 29.6 Å². The summed E-state index contributed by atoms with van der Waals surface area (Å²) in [6.07, 6.45) is 0. The third kappa shape index (κ3) is 1.60. The van der Waals surface area contributed by atoms with E-state index in [1.54, 1.807) is 0 Å². The Balaban J connectivity index is 2.49. The lowest BCUT2D eigenvalue weighted by atomic mass is 10.1. The average molecular weight is 202 g/mol. The molecule has 0 amide bonds. The molecular weight excluding hydrogens is 188 g/mol. The van der Waals surface area contributed by atoms with Crippen molar-refractivity contribution < 1.29 is 0 Å². The number of hydrogen-bond acceptors (Lipinski definition) is 1. The van der Waals surface area contributed by atoms with Gasteiger partial charge >= 0.3 is 0 Å². The Bertz CT molecular complexity index is 435. The van der Waals surface area contributed by atoms with E-state index in [4.69, 9.17) is 0 Å². The van der Waals surface area contributed by atoms with Crippen molar-refractivity contribution in [3.8, 4) is 10.4 Å². The molecule has 14 heavy (non-hydrogen) atoms. The smallest absolute Gasteiger partial charge is 0.0374 e. The third-order valence-corrected chi connectivity index (χ3v) is 3.85. The third-order valence-electron chi connectivity index (χ3n) is 2.60. The zero-order chi connectivity index (χ0) is 10.1. The van der Waals surface area contributed by atoms with Crippen LogP contribution < -0.4 is 0 Å². The van der Waals surface area contributed by atoms with Gasteiger partial charge in [0.25, 0.3) is 0 Å². The van der Waals surface area contributed by atoms with Gasteiger partial charge in [0.15, 0.2) is 0 Å². The van der Waals surface area contributed by atoms with Crippen LogP contribution in [0.1, 0.15) is 16.7 Å². The predicted molar refractivity (Wildman–Crippen MR) is 64.0 cm³/mol. The van der Waals surface area contributed by atoms with Crippen molar-refractivity contribution in [2.75, 3.05) is 0 Å². The van der Waals surface area contributed by atoms with Crippen LogP contribution in [-0.4, -0.2) is 0 Å². The number of hydrogen-bond donors (Lipinski definition) is 0. The summed E-state index contributed by atoms with van der Waals surface area (Å²) in [4.78, 5) is 1.41. The molecule has 1 heteroatoms. The molecule has 0 saturated carbocycles. The summed E-state index contributed by atoms with van der Waals surface area (Å²) in [7, 11) is 0. The number of thiophene rings is 1. The minimum absolute atomic E-state index is 1.32. The van der Waals surface area contributed by atoms with Crippen molar-refractivity contribution in [3.63, 3.8) is 0 Å². The fourth-order valence-corrected chi connectivity index (χ4v) is 2.57. The molecule has 1 heterocycles. The molecule has 0 fully saturated rings. The van der Waals surface area contributed by atoms with Crippen molar-refractivity contribution in [3.05, 3.63) is 46.3 Å². The Morgan fingerprint density at radius 2 is 1.57 bits per heavy atom. The van der Waals surface area contributed by atoms with Gasteiger partial charge in [-0.3, -0.25) is 0 Å². The topological polar surface area (TPSA) is 0 Å². The second-order valence-electron chi connectivity index (χ2n) is 3.74. The highest BCUT2D eigenvalue weighted by molar-refractivity contribution is 7.13. The van der Waals surface area contributed by atoms with Gasteiger partial charge in [-0.25, -0.2) is 0 Å². The van der Waals surface area contributed by atoms with Crippen molar-refractivity contribution in [1.82, 2.24) is 0 Å². The van der Waals surface area contributed by atoms with Gasteiger partial charge in [-0.1, -0.05) is 29.8 Å². The molecule has 72 valence electrons. The average Bonchev–Trinajstić information content (AvgIpc) is 2.50. The van der Waals surface area contributed by atoms with E-state index in [9.17, 15) is 0 Å². The summed E-state index contributed by atoms with van der Waals surface area (Å²) >= 11 is 1.84. The molecule has 0 aliphatic heterocycles. The lowest BCUT2D eigenvalue weighted by Crippen LogP contribution is -1.78. The molecule has 0 nitrogen and oxygen atoms in total. The molecule has 0 atom stereocenters. The first kappa shape index (κ1) is 9.47. The van der Waals surface area contributed by atoms with E-state index in [2.05, 4.69) is 50.4 Å². The molecule has 0 radical (unpaired) electrons. The number of rotatable bonds is 1. The van der Waals surface area contributed by atoms with Gasteiger partial charge in [0.2, 0.25) is 0 Å². The molecule has 1 aromatic heterocycles. The fourth-order valence-electron chi connectivity index (χ4n) is 1.49. The normalized spacial score (nSPS) is 10.5. The van der Waals surface area contributed by atoms with Crippen LogP contribution in [0.5, 0.6) is 0 Å². The van der Waals surface area contributed by atoms with Crippen LogP contribution in [0, 0.1) is 20.8 Å². The van der Waals surface area contributed by atoms with E-state index in [-0.39, 0.29) is 0 Å². The van der Waals surface area contributed by atoms with Gasteiger partial charge in [-0.05, 0) is 42.8 Å². The summed E-state index contributed by atoms with van der Waals surface area (Å²) in [6.45, 7) is 6.49. The van der Waals surface area contributed by atoms with Gasteiger partial charge in [0.1, 0.15) is 0 Å². The molecule has 1 aromatic carbocycles. The van der Waals surface area contributed by atoms with Crippen molar-refractivity contribution in [2.45, 2.75) is 20.8 Å². The Kier molecular flexibility index (Phi) is 2.42. The Morgan fingerprint density at radius 3 is 2.07 bits per heavy atom. The van der Waals surface area contributed by atoms with Crippen LogP contribution >= 0.6 is 11.3 Å². The Labute approximate surface area is 89.2 Å². The maximum atomic E-state index is 2.23. The standard InChI is InChI=1S/C13H14S/c1-9-4-6-12(7-5-9)13-11(3)10(2)8-14-13/h4-8H,1-3H3. The number of benzene rings is 1. The summed E-state index contributed by atoms with van der Waals surface area (Å²) in [5.41, 5.74) is 5.47. The van der Waals surface area contributed by atoms with Gasteiger partial charge in [-0.2, -0.15) is 0 Å². The highest BCUT2D eigenvalue weighted by Gasteiger charge is 2.05. The van der Waals surface area contributed by atoms with Crippen molar-refractivity contribution in [1.29, 1.82) is 0 Å². The molecule has 0 unspecified atom stereocenters. The second kappa shape index (κ2) is 3.58. The van der Waals surface area contributed by atoms with E-state index < -0.39 is 0 Å². The largest absolute Gasteiger partial charge is 0.143 e. The van der Waals surface area contributed by atoms with E-state index >= 15 is 0 Å². The Morgan fingerprint density at radius 1 is 0.929 bits per heavy atom. The highest BCUT2D eigenvalue weighted by Crippen LogP contribution is 2.31. The van der Waals surface area contributed by atoms with Gasteiger partial charge in [-0.15, -0.1) is 11.3 Å². The van der Waals surface area contributed by atoms with Crippen LogP contribution in [-0.2, 0) is 0 Å². The van der Waals surface area contributed by atoms with Crippen LogP contribution in [0.4, 0.5) is 0 Å². The summed E-state index contributed by atoms with van der Waals surface area (Å²) in [6, 6.07) is 8.74. The van der Waals surface area contributed by atoms with Gasteiger partial charge in [0, 0.05) is 4.88 Å². The molecule has 0 spiro atoms. The number of aryl methyl sites for hydroxylation is 2. The SMILES string of the molecule is Cc1ccc(-c2scc(C)c2C)cc1. The molecule has 0 aliphatic rings. The molecule has 0 saturated heterocycles. The summed E-state index contributed by atoms with van der Waals surface area (Å²) in [5.74, 6) is 0. The first-order chi connectivity index (χ1) is 6.68. The molecule has 2 rings (SSSR count). The minimum atomic E-state index is 1.32. The lowest BCUT2D eigenvalue weighted by Gasteiger charge is -2.00. The summed E-state index contributed by atoms with van der Waals surface area (Å²) < 4.78 is 0. The molecular formula is C13H14S. The van der Waals surface area contributed by atoms with Crippen molar-refractivity contribution in [2.24, 2.45) is 0 Å². The lowest BCUT2D eigenvalue weighted by molar-refractivity contribution is 1.40. The fraction of sp³-hybridized carbons (Fsp3) is 0.231. The quantitative estimate of drug-likeness (QED) is 0.645. The second-order valence-corrected chi connectivity index (χ2v) is 4.62. The zero-order valence-electron chi connectivity index (χ0n) is 8.79. The first-order valence-electron chi connectivity index (χ1n) is 4.80. The Hall–Kier alpha value is -1.08. The predicted octanol–water partition coefficient (Wildman–Crippen LogP) is 4.34. The van der Waals surface area contributed by atoms with E-state index in [1.165, 1.54) is 27.1 Å². The first-order valence-corrected chi connectivity index (χ1v) is 5.68. The van der Waals surface area contributed by atoms with Gasteiger partial charge < -0.3 is 0 Å². The monoisotopic (exact) mass is 202 g/mol. The van der Waals surface area contributed by atoms with Gasteiger partial charge in [0.05, 0.1) is 0 Å². The molecule has 0 bridgehead atoms. The maximum Gasteiger partial charge on any atom is 0.0374 e. The molecule has 2 aromatic rings.